The molecule has 2 rings (SSSR count). The van der Waals surface area contributed by atoms with Gasteiger partial charge in [-0.25, -0.2) is 0 Å². The zero-order chi connectivity index (χ0) is 19.2. The second-order valence-electron chi connectivity index (χ2n) is 5.20. The Bertz CT molecular complexity index is 762. The van der Waals surface area contributed by atoms with Crippen LogP contribution in [0.5, 0.6) is 11.5 Å². The lowest BCUT2D eigenvalue weighted by Gasteiger charge is -2.11. The average molecular weight is 385 g/mol. The number of nitrogens with two attached hydrogens (primary N) is 1. The van der Waals surface area contributed by atoms with Gasteiger partial charge in [0.25, 0.3) is 5.91 Å². The molecule has 2 aromatic rings. The Hall–Kier alpha value is -2.87. The second kappa shape index (κ2) is 8.48. The van der Waals surface area contributed by atoms with Crippen molar-refractivity contribution in [3.05, 3.63) is 54.1 Å². The number of amides is 2. The van der Waals surface area contributed by atoms with Gasteiger partial charge in [-0.2, -0.15) is 0 Å². The topological polar surface area (TPSA) is 90.7 Å². The van der Waals surface area contributed by atoms with Crippen LogP contribution in [0.25, 0.3) is 0 Å². The summed E-state index contributed by atoms with van der Waals surface area (Å²) in [5.74, 6) is -0.580. The largest absolute Gasteiger partial charge is 0.487 e. The maximum Gasteiger partial charge on any atom is 0.487 e. The molecule has 0 spiro atoms. The molecule has 2 aromatic carbocycles. The number of benzene rings is 2. The molecule has 0 aliphatic carbocycles. The normalized spacial score (nSPS) is 10.9. The highest BCUT2D eigenvalue weighted by Crippen LogP contribution is 2.25. The van der Waals surface area contributed by atoms with E-state index < -0.39 is 17.4 Å². The number of anilines is 1. The number of primary amides is 1. The van der Waals surface area contributed by atoms with E-state index in [0.717, 1.165) is 5.56 Å². The first-order valence-electron chi connectivity index (χ1n) is 7.37. The number of alkyl halides is 3. The monoisotopic (exact) mass is 384 g/mol. The summed E-state index contributed by atoms with van der Waals surface area (Å²) in [4.78, 5) is 22.7. The van der Waals surface area contributed by atoms with Gasteiger partial charge in [-0.3, -0.25) is 9.59 Å². The summed E-state index contributed by atoms with van der Waals surface area (Å²) in [6.45, 7) is -0.257. The van der Waals surface area contributed by atoms with Crippen molar-refractivity contribution < 1.29 is 27.8 Å². The molecule has 0 aromatic heterocycles. The fraction of sp³-hybridized carbons (Fsp3) is 0.176. The third-order valence-corrected chi connectivity index (χ3v) is 3.12. The van der Waals surface area contributed by atoms with Crippen molar-refractivity contribution in [2.24, 2.45) is 5.73 Å². The van der Waals surface area contributed by atoms with Gasteiger partial charge in [-0.15, -0.1) is 8.78 Å². The fourth-order valence-electron chi connectivity index (χ4n) is 1.99. The lowest BCUT2D eigenvalue weighted by Crippen LogP contribution is -2.20. The Kier molecular flexibility index (Phi) is 6.35. The number of carbonyl (C=O) groups is 2. The van der Waals surface area contributed by atoms with E-state index in [2.05, 4.69) is 21.7 Å². The SMILES string of the molecule is NC(=O)Cc1ccc(OCC(=O)Nc2ccc(OC(F)(F)Cl)cc2)cc1. The quantitative estimate of drug-likeness (QED) is 0.685. The molecule has 0 atom stereocenters. The van der Waals surface area contributed by atoms with E-state index in [9.17, 15) is 18.4 Å². The maximum absolute atomic E-state index is 12.5. The number of rotatable bonds is 8. The number of nitrogens with one attached hydrogen (secondary N) is 1. The van der Waals surface area contributed by atoms with Crippen LogP contribution in [0.15, 0.2) is 48.5 Å². The Morgan fingerprint density at radius 3 is 2.15 bits per heavy atom. The van der Waals surface area contributed by atoms with Crippen LogP contribution >= 0.6 is 11.6 Å². The first-order valence-corrected chi connectivity index (χ1v) is 7.75. The molecule has 0 fully saturated rings. The predicted molar refractivity (Wildman–Crippen MR) is 91.3 cm³/mol. The molecule has 0 heterocycles. The van der Waals surface area contributed by atoms with Gasteiger partial charge in [0, 0.05) is 17.3 Å². The van der Waals surface area contributed by atoms with E-state index in [1.165, 1.54) is 24.3 Å². The van der Waals surface area contributed by atoms with E-state index in [1.54, 1.807) is 24.3 Å². The summed E-state index contributed by atoms with van der Waals surface area (Å²) < 4.78 is 34.5. The van der Waals surface area contributed by atoms with Crippen molar-refractivity contribution in [1.82, 2.24) is 0 Å². The first kappa shape index (κ1) is 19.5. The van der Waals surface area contributed by atoms with Crippen LogP contribution in [0.3, 0.4) is 0 Å². The van der Waals surface area contributed by atoms with Crippen LogP contribution in [-0.4, -0.2) is 24.0 Å². The van der Waals surface area contributed by atoms with Crippen LogP contribution in [0.4, 0.5) is 14.5 Å². The van der Waals surface area contributed by atoms with Gasteiger partial charge in [-0.1, -0.05) is 12.1 Å². The van der Waals surface area contributed by atoms with Crippen LogP contribution in [0.2, 0.25) is 0 Å². The lowest BCUT2D eigenvalue weighted by molar-refractivity contribution is -0.118. The van der Waals surface area contributed by atoms with Crippen molar-refractivity contribution in [3.8, 4) is 11.5 Å². The Labute approximate surface area is 152 Å². The van der Waals surface area contributed by atoms with Crippen LogP contribution in [0, 0.1) is 0 Å². The van der Waals surface area contributed by atoms with Crippen molar-refractivity contribution in [1.29, 1.82) is 0 Å². The van der Waals surface area contributed by atoms with Gasteiger partial charge in [0.05, 0.1) is 6.42 Å². The molecular weight excluding hydrogens is 370 g/mol. The highest BCUT2D eigenvalue weighted by molar-refractivity contribution is 6.20. The first-order chi connectivity index (χ1) is 12.2. The molecule has 9 heteroatoms. The zero-order valence-electron chi connectivity index (χ0n) is 13.4. The molecule has 0 radical (unpaired) electrons. The standard InChI is InChI=1S/C17H15ClF2N2O4/c18-17(19,20)26-14-7-3-12(4-8-14)22-16(24)10-25-13-5-1-11(2-6-13)9-15(21)23/h1-8H,9-10H2,(H2,21,23)(H,22,24). The number of carbonyl (C=O) groups excluding carboxylic acids is 2. The van der Waals surface area contributed by atoms with Crippen molar-refractivity contribution in [3.63, 3.8) is 0 Å². The van der Waals surface area contributed by atoms with Crippen molar-refractivity contribution >= 4 is 29.1 Å². The molecule has 0 saturated carbocycles. The van der Waals surface area contributed by atoms with Crippen molar-refractivity contribution in [2.45, 2.75) is 12.0 Å². The van der Waals surface area contributed by atoms with Crippen LogP contribution in [0.1, 0.15) is 5.56 Å². The highest BCUT2D eigenvalue weighted by atomic mass is 35.5. The summed E-state index contributed by atoms with van der Waals surface area (Å²) in [7, 11) is 0. The Morgan fingerprint density at radius 2 is 1.62 bits per heavy atom. The number of ether oxygens (including phenoxy) is 2. The molecule has 2 amide bonds. The molecule has 26 heavy (non-hydrogen) atoms. The molecule has 3 N–H and O–H groups in total. The molecule has 0 aliphatic heterocycles. The van der Waals surface area contributed by atoms with E-state index in [-0.39, 0.29) is 18.8 Å². The molecule has 0 saturated heterocycles. The third kappa shape index (κ3) is 6.94. The van der Waals surface area contributed by atoms with Crippen molar-refractivity contribution in [2.75, 3.05) is 11.9 Å². The van der Waals surface area contributed by atoms with Gasteiger partial charge in [0.2, 0.25) is 5.91 Å². The van der Waals surface area contributed by atoms with Gasteiger partial charge < -0.3 is 20.5 Å². The minimum absolute atomic E-state index is 0.121. The highest BCUT2D eigenvalue weighted by Gasteiger charge is 2.27. The van der Waals surface area contributed by atoms with E-state index >= 15 is 0 Å². The molecule has 6 nitrogen and oxygen atoms in total. The molecule has 0 unspecified atom stereocenters. The fourth-order valence-corrected chi connectivity index (χ4v) is 2.08. The maximum atomic E-state index is 12.5. The summed E-state index contributed by atoms with van der Waals surface area (Å²) in [5.41, 5.74) is 2.41. The summed E-state index contributed by atoms with van der Waals surface area (Å²) >= 11 is 4.66. The Morgan fingerprint density at radius 1 is 1.04 bits per heavy atom. The Balaban J connectivity index is 1.82. The van der Waals surface area contributed by atoms with E-state index in [0.29, 0.717) is 11.4 Å². The zero-order valence-corrected chi connectivity index (χ0v) is 14.1. The van der Waals surface area contributed by atoms with E-state index in [1.807, 2.05) is 0 Å². The molecular formula is C17H15ClF2N2O4. The number of hydrogen-bond donors (Lipinski definition) is 2. The molecule has 138 valence electrons. The third-order valence-electron chi connectivity index (χ3n) is 3.04. The summed E-state index contributed by atoms with van der Waals surface area (Å²) in [6.07, 6.45) is 0.121. The average Bonchev–Trinajstić information content (AvgIpc) is 2.54. The number of hydrogen-bond acceptors (Lipinski definition) is 4. The lowest BCUT2D eigenvalue weighted by atomic mass is 10.1. The van der Waals surface area contributed by atoms with Crippen LogP contribution in [-0.2, 0) is 16.0 Å². The second-order valence-corrected chi connectivity index (χ2v) is 5.64. The summed E-state index contributed by atoms with van der Waals surface area (Å²) in [5, 5.41) is 2.54. The minimum Gasteiger partial charge on any atom is -0.484 e. The molecule has 0 aliphatic rings. The minimum atomic E-state index is -3.80. The van der Waals surface area contributed by atoms with Gasteiger partial charge in [0.15, 0.2) is 6.61 Å². The smallest absolute Gasteiger partial charge is 0.484 e. The molecule has 0 bridgehead atoms. The predicted octanol–water partition coefficient (Wildman–Crippen LogP) is 2.90. The van der Waals surface area contributed by atoms with Gasteiger partial charge in [0.1, 0.15) is 11.5 Å². The van der Waals surface area contributed by atoms with Gasteiger partial charge >= 0.3 is 5.57 Å². The number of halogens is 3. The summed E-state index contributed by atoms with van der Waals surface area (Å²) in [6, 6.07) is 11.8. The van der Waals surface area contributed by atoms with E-state index in [4.69, 9.17) is 10.5 Å². The van der Waals surface area contributed by atoms with Gasteiger partial charge in [-0.05, 0) is 42.0 Å². The van der Waals surface area contributed by atoms with Crippen LogP contribution < -0.4 is 20.5 Å².